The Kier molecular flexibility index (Phi) is 2.62. The smallest absolute Gasteiger partial charge is 0.0632 e. The van der Waals surface area contributed by atoms with Gasteiger partial charge in [0.25, 0.3) is 0 Å². The van der Waals surface area contributed by atoms with Gasteiger partial charge in [-0.15, -0.1) is 0 Å². The number of benzene rings is 1. The lowest BCUT2D eigenvalue weighted by Crippen LogP contribution is -2.21. The number of nitrogen functional groups attached to an aromatic ring is 1. The predicted octanol–water partition coefficient (Wildman–Crippen LogP) is 2.91. The summed E-state index contributed by atoms with van der Waals surface area (Å²) in [5.41, 5.74) is 8.28. The fourth-order valence-corrected chi connectivity index (χ4v) is 2.62. The maximum absolute atomic E-state index is 6.28. The predicted molar refractivity (Wildman–Crippen MR) is 76.7 cm³/mol. The molecule has 1 fully saturated rings. The molecule has 1 saturated carbocycles. The first-order chi connectivity index (χ1) is 8.66. The van der Waals surface area contributed by atoms with Crippen LogP contribution in [0.3, 0.4) is 0 Å². The van der Waals surface area contributed by atoms with Crippen LogP contribution in [0.15, 0.2) is 30.6 Å². The number of nitrogens with zero attached hydrogens (tertiary/aromatic N) is 2. The van der Waals surface area contributed by atoms with Gasteiger partial charge in [-0.05, 0) is 30.4 Å². The monoisotopic (exact) mass is 241 g/mol. The molecule has 1 aromatic carbocycles. The molecule has 2 atom stereocenters. The lowest BCUT2D eigenvalue weighted by Gasteiger charge is -2.22. The van der Waals surface area contributed by atoms with E-state index in [9.17, 15) is 0 Å². The van der Waals surface area contributed by atoms with Gasteiger partial charge in [-0.1, -0.05) is 13.0 Å². The lowest BCUT2D eigenvalue weighted by molar-refractivity contribution is 0.726. The van der Waals surface area contributed by atoms with Crippen molar-refractivity contribution in [1.29, 1.82) is 0 Å². The average molecular weight is 241 g/mol. The number of fused-ring (bicyclic) bond motifs is 1. The Bertz CT molecular complexity index is 579. The minimum Gasteiger partial charge on any atom is -0.397 e. The van der Waals surface area contributed by atoms with E-state index in [1.807, 2.05) is 12.3 Å². The molecule has 1 aliphatic rings. The second kappa shape index (κ2) is 4.16. The van der Waals surface area contributed by atoms with Crippen LogP contribution in [-0.2, 0) is 0 Å². The molecule has 0 saturated heterocycles. The summed E-state index contributed by atoms with van der Waals surface area (Å²) in [6.07, 6.45) is 5.01. The first-order valence-corrected chi connectivity index (χ1v) is 6.50. The van der Waals surface area contributed by atoms with E-state index in [0.717, 1.165) is 40.5 Å². The van der Waals surface area contributed by atoms with E-state index in [-0.39, 0.29) is 0 Å². The van der Waals surface area contributed by atoms with Crippen molar-refractivity contribution in [3.63, 3.8) is 0 Å². The maximum atomic E-state index is 6.28. The number of hydrogen-bond donors (Lipinski definition) is 1. The van der Waals surface area contributed by atoms with Gasteiger partial charge >= 0.3 is 0 Å². The third kappa shape index (κ3) is 1.90. The van der Waals surface area contributed by atoms with Crippen molar-refractivity contribution in [2.45, 2.75) is 13.3 Å². The molecule has 0 bridgehead atoms. The Balaban J connectivity index is 1.93. The van der Waals surface area contributed by atoms with Crippen molar-refractivity contribution < 1.29 is 0 Å². The van der Waals surface area contributed by atoms with Crippen LogP contribution in [0.4, 0.5) is 11.4 Å². The van der Waals surface area contributed by atoms with Crippen LogP contribution in [-0.4, -0.2) is 18.6 Å². The molecular weight excluding hydrogens is 222 g/mol. The summed E-state index contributed by atoms with van der Waals surface area (Å²) in [5.74, 6) is 1.71. The summed E-state index contributed by atoms with van der Waals surface area (Å²) in [6.45, 7) is 3.41. The van der Waals surface area contributed by atoms with E-state index in [2.05, 4.69) is 36.0 Å². The number of nitrogens with two attached hydrogens (primary N) is 1. The molecule has 18 heavy (non-hydrogen) atoms. The van der Waals surface area contributed by atoms with Crippen LogP contribution < -0.4 is 10.6 Å². The standard InChI is InChI=1S/C15H19N3/c1-10-7-12(10)9-18(2)14-4-3-11-8-17-6-5-13(11)15(14)16/h3-6,8,10,12H,7,9,16H2,1-2H3. The Hall–Kier alpha value is -1.77. The molecule has 2 aromatic rings. The molecule has 0 radical (unpaired) electrons. The van der Waals surface area contributed by atoms with Crippen molar-refractivity contribution in [1.82, 2.24) is 4.98 Å². The highest BCUT2D eigenvalue weighted by Crippen LogP contribution is 2.40. The van der Waals surface area contributed by atoms with Gasteiger partial charge in [0, 0.05) is 36.8 Å². The summed E-state index contributed by atoms with van der Waals surface area (Å²) in [5, 5.41) is 2.20. The van der Waals surface area contributed by atoms with E-state index in [1.165, 1.54) is 6.42 Å². The van der Waals surface area contributed by atoms with Crippen LogP contribution in [0.5, 0.6) is 0 Å². The molecule has 2 N–H and O–H groups in total. The zero-order chi connectivity index (χ0) is 12.7. The topological polar surface area (TPSA) is 42.2 Å². The van der Waals surface area contributed by atoms with Gasteiger partial charge in [-0.3, -0.25) is 4.98 Å². The molecule has 3 nitrogen and oxygen atoms in total. The Labute approximate surface area is 108 Å². The minimum atomic E-state index is 0.836. The summed E-state index contributed by atoms with van der Waals surface area (Å²) < 4.78 is 0. The van der Waals surface area contributed by atoms with E-state index >= 15 is 0 Å². The van der Waals surface area contributed by atoms with E-state index < -0.39 is 0 Å². The molecule has 94 valence electrons. The molecule has 0 aliphatic heterocycles. The van der Waals surface area contributed by atoms with E-state index in [4.69, 9.17) is 5.73 Å². The van der Waals surface area contributed by atoms with Crippen molar-refractivity contribution in [3.05, 3.63) is 30.6 Å². The van der Waals surface area contributed by atoms with Crippen LogP contribution in [0, 0.1) is 11.8 Å². The van der Waals surface area contributed by atoms with Crippen LogP contribution in [0.1, 0.15) is 13.3 Å². The van der Waals surface area contributed by atoms with Crippen molar-refractivity contribution in [3.8, 4) is 0 Å². The van der Waals surface area contributed by atoms with Crippen LogP contribution in [0.2, 0.25) is 0 Å². The third-order valence-corrected chi connectivity index (χ3v) is 4.03. The number of hydrogen-bond acceptors (Lipinski definition) is 3. The van der Waals surface area contributed by atoms with Gasteiger partial charge in [-0.2, -0.15) is 0 Å². The highest BCUT2D eigenvalue weighted by molar-refractivity contribution is 5.98. The molecular formula is C15H19N3. The SMILES string of the molecule is CC1CC1CN(C)c1ccc2cnccc2c1N. The van der Waals surface area contributed by atoms with Gasteiger partial charge in [-0.25, -0.2) is 0 Å². The number of rotatable bonds is 3. The van der Waals surface area contributed by atoms with Crippen molar-refractivity contribution in [2.75, 3.05) is 24.2 Å². The molecule has 0 amide bonds. The first kappa shape index (κ1) is 11.3. The van der Waals surface area contributed by atoms with Crippen LogP contribution >= 0.6 is 0 Å². The van der Waals surface area contributed by atoms with Gasteiger partial charge in [0.1, 0.15) is 0 Å². The molecule has 1 aromatic heterocycles. The quantitative estimate of drug-likeness (QED) is 0.840. The van der Waals surface area contributed by atoms with Gasteiger partial charge < -0.3 is 10.6 Å². The molecule has 3 rings (SSSR count). The minimum absolute atomic E-state index is 0.836. The molecule has 3 heteroatoms. The fourth-order valence-electron chi connectivity index (χ4n) is 2.62. The molecule has 1 heterocycles. The number of pyridine rings is 1. The first-order valence-electron chi connectivity index (χ1n) is 6.50. The molecule has 1 aliphatic carbocycles. The van der Waals surface area contributed by atoms with Gasteiger partial charge in [0.05, 0.1) is 11.4 Å². The zero-order valence-electron chi connectivity index (χ0n) is 10.9. The lowest BCUT2D eigenvalue weighted by atomic mass is 10.1. The summed E-state index contributed by atoms with van der Waals surface area (Å²) in [6, 6.07) is 6.19. The normalized spacial score (nSPS) is 22.1. The van der Waals surface area contributed by atoms with E-state index in [0.29, 0.717) is 0 Å². The second-order valence-corrected chi connectivity index (χ2v) is 5.45. The van der Waals surface area contributed by atoms with Crippen molar-refractivity contribution >= 4 is 22.1 Å². The largest absolute Gasteiger partial charge is 0.397 e. The average Bonchev–Trinajstić information content (AvgIpc) is 3.05. The van der Waals surface area contributed by atoms with Gasteiger partial charge in [0.15, 0.2) is 0 Å². The maximum Gasteiger partial charge on any atom is 0.0632 e. The Morgan fingerprint density at radius 3 is 2.89 bits per heavy atom. The third-order valence-electron chi connectivity index (χ3n) is 4.03. The van der Waals surface area contributed by atoms with Crippen molar-refractivity contribution in [2.24, 2.45) is 11.8 Å². The van der Waals surface area contributed by atoms with Crippen LogP contribution in [0.25, 0.3) is 10.8 Å². The van der Waals surface area contributed by atoms with E-state index in [1.54, 1.807) is 6.20 Å². The second-order valence-electron chi connectivity index (χ2n) is 5.45. The summed E-state index contributed by atoms with van der Waals surface area (Å²) >= 11 is 0. The Morgan fingerprint density at radius 2 is 2.17 bits per heavy atom. The number of anilines is 2. The Morgan fingerprint density at radius 1 is 1.39 bits per heavy atom. The number of aromatic nitrogens is 1. The zero-order valence-corrected chi connectivity index (χ0v) is 10.9. The highest BCUT2D eigenvalue weighted by Gasteiger charge is 2.33. The summed E-state index contributed by atoms with van der Waals surface area (Å²) in [7, 11) is 2.13. The van der Waals surface area contributed by atoms with Gasteiger partial charge in [0.2, 0.25) is 0 Å². The highest BCUT2D eigenvalue weighted by atomic mass is 15.1. The molecule has 0 spiro atoms. The molecule has 2 unspecified atom stereocenters. The fraction of sp³-hybridized carbons (Fsp3) is 0.400. The summed E-state index contributed by atoms with van der Waals surface area (Å²) in [4.78, 5) is 6.41.